The van der Waals surface area contributed by atoms with Gasteiger partial charge in [-0.25, -0.2) is 4.79 Å². The lowest BCUT2D eigenvalue weighted by molar-refractivity contribution is -0.122. The van der Waals surface area contributed by atoms with Crippen molar-refractivity contribution in [3.8, 4) is 6.07 Å². The third-order valence-electron chi connectivity index (χ3n) is 3.49. The topological polar surface area (TPSA) is 96.9 Å². The van der Waals surface area contributed by atoms with Crippen LogP contribution in [0.25, 0.3) is 0 Å². The number of carbonyl (C=O) groups is 1. The number of amides is 1. The lowest BCUT2D eigenvalue weighted by atomic mass is 10.1. The molecule has 0 unspecified atom stereocenters. The van der Waals surface area contributed by atoms with E-state index in [-0.39, 0.29) is 18.5 Å². The molecule has 1 aromatic carbocycles. The molecular weight excluding hydrogens is 296 g/mol. The fourth-order valence-electron chi connectivity index (χ4n) is 2.11. The molecule has 1 aromatic heterocycles. The van der Waals surface area contributed by atoms with Crippen molar-refractivity contribution in [1.82, 2.24) is 14.5 Å². The zero-order valence-electron chi connectivity index (χ0n) is 12.8. The van der Waals surface area contributed by atoms with Crippen molar-refractivity contribution in [2.45, 2.75) is 19.5 Å². The Morgan fingerprint density at radius 2 is 1.91 bits per heavy atom. The highest BCUT2D eigenvalue weighted by molar-refractivity contribution is 5.76. The third kappa shape index (κ3) is 3.74. The van der Waals surface area contributed by atoms with E-state index in [1.54, 1.807) is 24.3 Å². The van der Waals surface area contributed by atoms with E-state index in [2.05, 4.69) is 5.32 Å². The molecule has 0 aliphatic heterocycles. The summed E-state index contributed by atoms with van der Waals surface area (Å²) >= 11 is 0. The Morgan fingerprint density at radius 3 is 2.52 bits per heavy atom. The second-order valence-electron chi connectivity index (χ2n) is 5.15. The van der Waals surface area contributed by atoms with Gasteiger partial charge in [0.05, 0.1) is 17.7 Å². The van der Waals surface area contributed by atoms with E-state index in [0.717, 1.165) is 10.1 Å². The standard InChI is InChI=1S/C16H16N4O3/c1-11(13-5-3-12(9-17)4-6-13)18-14(21)10-20-8-7-15(22)19(2)16(20)23/h3-8,11H,10H2,1-2H3,(H,18,21)/t11-/m1/s1. The molecule has 0 fully saturated rings. The number of hydrogen-bond donors (Lipinski definition) is 1. The zero-order valence-corrected chi connectivity index (χ0v) is 12.8. The van der Waals surface area contributed by atoms with Gasteiger partial charge in [0.2, 0.25) is 5.91 Å². The van der Waals surface area contributed by atoms with E-state index in [9.17, 15) is 14.4 Å². The zero-order chi connectivity index (χ0) is 17.0. The van der Waals surface area contributed by atoms with E-state index < -0.39 is 11.2 Å². The van der Waals surface area contributed by atoms with Crippen molar-refractivity contribution in [2.75, 3.05) is 0 Å². The quantitative estimate of drug-likeness (QED) is 0.878. The van der Waals surface area contributed by atoms with E-state index in [0.29, 0.717) is 5.56 Å². The largest absolute Gasteiger partial charge is 0.348 e. The summed E-state index contributed by atoms with van der Waals surface area (Å²) in [6.07, 6.45) is 1.30. The number of hydrogen-bond acceptors (Lipinski definition) is 4. The molecule has 0 spiro atoms. The monoisotopic (exact) mass is 312 g/mol. The van der Waals surface area contributed by atoms with Gasteiger partial charge in [-0.3, -0.25) is 18.7 Å². The third-order valence-corrected chi connectivity index (χ3v) is 3.49. The molecular formula is C16H16N4O3. The van der Waals surface area contributed by atoms with Crippen LogP contribution >= 0.6 is 0 Å². The fourth-order valence-corrected chi connectivity index (χ4v) is 2.11. The summed E-state index contributed by atoms with van der Waals surface area (Å²) in [5.74, 6) is -0.345. The van der Waals surface area contributed by atoms with Crippen LogP contribution in [0.2, 0.25) is 0 Å². The van der Waals surface area contributed by atoms with Gasteiger partial charge in [0.15, 0.2) is 0 Å². The second-order valence-corrected chi connectivity index (χ2v) is 5.15. The number of carbonyl (C=O) groups excluding carboxylic acids is 1. The lowest BCUT2D eigenvalue weighted by Crippen LogP contribution is -2.40. The smallest absolute Gasteiger partial charge is 0.331 e. The van der Waals surface area contributed by atoms with Crippen LogP contribution < -0.4 is 16.6 Å². The number of benzene rings is 1. The first kappa shape index (κ1) is 16.2. The summed E-state index contributed by atoms with van der Waals surface area (Å²) in [5, 5.41) is 11.5. The maximum atomic E-state index is 12.1. The summed E-state index contributed by atoms with van der Waals surface area (Å²) in [7, 11) is 1.36. The molecule has 7 nitrogen and oxygen atoms in total. The summed E-state index contributed by atoms with van der Waals surface area (Å²) in [4.78, 5) is 35.2. The lowest BCUT2D eigenvalue weighted by Gasteiger charge is -2.15. The second kappa shape index (κ2) is 6.75. The van der Waals surface area contributed by atoms with E-state index in [1.807, 2.05) is 13.0 Å². The molecule has 0 saturated heterocycles. The van der Waals surface area contributed by atoms with Gasteiger partial charge in [-0.1, -0.05) is 12.1 Å². The minimum Gasteiger partial charge on any atom is -0.348 e. The van der Waals surface area contributed by atoms with Crippen LogP contribution in [-0.2, 0) is 18.4 Å². The highest BCUT2D eigenvalue weighted by atomic mass is 16.2. The summed E-state index contributed by atoms with van der Waals surface area (Å²) in [5.41, 5.74) is 0.436. The fraction of sp³-hybridized carbons (Fsp3) is 0.250. The summed E-state index contributed by atoms with van der Waals surface area (Å²) in [6, 6.07) is 9.88. The highest BCUT2D eigenvalue weighted by Crippen LogP contribution is 2.12. The van der Waals surface area contributed by atoms with E-state index in [1.165, 1.54) is 23.9 Å². The molecule has 0 radical (unpaired) electrons. The number of rotatable bonds is 4. The molecule has 0 saturated carbocycles. The normalized spacial score (nSPS) is 11.5. The Labute approximate surface area is 132 Å². The highest BCUT2D eigenvalue weighted by Gasteiger charge is 2.11. The Hall–Kier alpha value is -3.14. The predicted molar refractivity (Wildman–Crippen MR) is 83.7 cm³/mol. The Morgan fingerprint density at radius 1 is 1.26 bits per heavy atom. The first-order valence-corrected chi connectivity index (χ1v) is 6.98. The van der Waals surface area contributed by atoms with Gasteiger partial charge in [-0.2, -0.15) is 5.26 Å². The predicted octanol–water partition coefficient (Wildman–Crippen LogP) is 0.296. The van der Waals surface area contributed by atoms with Gasteiger partial charge < -0.3 is 5.32 Å². The van der Waals surface area contributed by atoms with Crippen molar-refractivity contribution >= 4 is 5.91 Å². The van der Waals surface area contributed by atoms with Crippen LogP contribution in [0, 0.1) is 11.3 Å². The SMILES string of the molecule is C[C@@H](NC(=O)Cn1ccc(=O)n(C)c1=O)c1ccc(C#N)cc1. The summed E-state index contributed by atoms with van der Waals surface area (Å²) < 4.78 is 2.11. The minimum atomic E-state index is -0.543. The number of nitriles is 1. The molecule has 2 rings (SSSR count). The van der Waals surface area contributed by atoms with Crippen LogP contribution in [0.3, 0.4) is 0 Å². The molecule has 1 N–H and O–H groups in total. The van der Waals surface area contributed by atoms with Gasteiger partial charge in [0.25, 0.3) is 5.56 Å². The first-order chi connectivity index (χ1) is 10.9. The molecule has 118 valence electrons. The molecule has 0 aliphatic rings. The maximum Gasteiger partial charge on any atom is 0.331 e. The van der Waals surface area contributed by atoms with Gasteiger partial charge in [0, 0.05) is 19.3 Å². The number of nitrogens with one attached hydrogen (secondary N) is 1. The van der Waals surface area contributed by atoms with Crippen molar-refractivity contribution in [2.24, 2.45) is 7.05 Å². The molecule has 1 amide bonds. The van der Waals surface area contributed by atoms with Crippen LogP contribution in [-0.4, -0.2) is 15.0 Å². The molecule has 23 heavy (non-hydrogen) atoms. The minimum absolute atomic E-state index is 0.173. The molecule has 0 aliphatic carbocycles. The Balaban J connectivity index is 2.07. The van der Waals surface area contributed by atoms with E-state index in [4.69, 9.17) is 5.26 Å². The molecule has 2 aromatic rings. The van der Waals surface area contributed by atoms with Crippen LogP contribution in [0.15, 0.2) is 46.1 Å². The average molecular weight is 312 g/mol. The van der Waals surface area contributed by atoms with Gasteiger partial charge in [0.1, 0.15) is 6.54 Å². The van der Waals surface area contributed by atoms with Gasteiger partial charge in [-0.05, 0) is 24.6 Å². The number of nitrogens with zero attached hydrogens (tertiary/aromatic N) is 3. The van der Waals surface area contributed by atoms with Crippen molar-refractivity contribution in [1.29, 1.82) is 5.26 Å². The molecule has 7 heteroatoms. The van der Waals surface area contributed by atoms with Crippen LogP contribution in [0.5, 0.6) is 0 Å². The van der Waals surface area contributed by atoms with Crippen LogP contribution in [0.4, 0.5) is 0 Å². The van der Waals surface area contributed by atoms with Gasteiger partial charge >= 0.3 is 5.69 Å². The van der Waals surface area contributed by atoms with E-state index >= 15 is 0 Å². The molecule has 0 bridgehead atoms. The van der Waals surface area contributed by atoms with Crippen molar-refractivity contribution in [3.63, 3.8) is 0 Å². The maximum absolute atomic E-state index is 12.1. The van der Waals surface area contributed by atoms with Crippen LogP contribution in [0.1, 0.15) is 24.1 Å². The number of aromatic nitrogens is 2. The Kier molecular flexibility index (Phi) is 4.76. The molecule has 1 heterocycles. The average Bonchev–Trinajstić information content (AvgIpc) is 2.55. The van der Waals surface area contributed by atoms with Gasteiger partial charge in [-0.15, -0.1) is 0 Å². The van der Waals surface area contributed by atoms with Crippen molar-refractivity contribution in [3.05, 3.63) is 68.5 Å². The first-order valence-electron chi connectivity index (χ1n) is 6.98. The van der Waals surface area contributed by atoms with Crippen molar-refractivity contribution < 1.29 is 4.79 Å². The summed E-state index contributed by atoms with van der Waals surface area (Å²) in [6.45, 7) is 1.64. The Bertz CT molecular complexity index is 872. The molecule has 1 atom stereocenters.